The zero-order chi connectivity index (χ0) is 13.4. The van der Waals surface area contributed by atoms with Crippen LogP contribution in [0.4, 0.5) is 0 Å². The normalized spacial score (nSPS) is 10.8. The van der Waals surface area contributed by atoms with Crippen molar-refractivity contribution in [1.82, 2.24) is 9.38 Å². The van der Waals surface area contributed by atoms with Gasteiger partial charge in [-0.15, -0.1) is 0 Å². The molecule has 3 heteroatoms. The van der Waals surface area contributed by atoms with Crippen molar-refractivity contribution in [2.24, 2.45) is 0 Å². The monoisotopic (exact) mass is 250 g/mol. The molecule has 94 valence electrons. The lowest BCUT2D eigenvalue weighted by Crippen LogP contribution is -1.91. The summed E-state index contributed by atoms with van der Waals surface area (Å²) in [6, 6.07) is 12.0. The summed E-state index contributed by atoms with van der Waals surface area (Å²) in [6.45, 7) is 4.13. The van der Waals surface area contributed by atoms with Crippen molar-refractivity contribution in [2.75, 3.05) is 0 Å². The van der Waals surface area contributed by atoms with Crippen LogP contribution in [0.3, 0.4) is 0 Å². The number of aromatic nitrogens is 2. The quantitative estimate of drug-likeness (QED) is 0.653. The van der Waals surface area contributed by atoms with Crippen LogP contribution in [-0.2, 0) is 0 Å². The van der Waals surface area contributed by atoms with Crippen LogP contribution >= 0.6 is 0 Å². The van der Waals surface area contributed by atoms with Gasteiger partial charge in [0.25, 0.3) is 0 Å². The van der Waals surface area contributed by atoms with Crippen LogP contribution in [0.1, 0.15) is 21.6 Å². The summed E-state index contributed by atoms with van der Waals surface area (Å²) in [5, 5.41) is 0. The number of pyridine rings is 1. The molecule has 0 aliphatic rings. The minimum atomic E-state index is 0.482. The van der Waals surface area contributed by atoms with E-state index in [2.05, 4.69) is 37.0 Å². The molecule has 2 aromatic heterocycles. The Bertz CT molecular complexity index is 772. The molecule has 19 heavy (non-hydrogen) atoms. The molecule has 0 atom stereocenters. The van der Waals surface area contributed by atoms with Gasteiger partial charge in [0.05, 0.1) is 5.52 Å². The van der Waals surface area contributed by atoms with Crippen molar-refractivity contribution < 1.29 is 4.79 Å². The number of fused-ring (bicyclic) bond motifs is 1. The van der Waals surface area contributed by atoms with Crippen LogP contribution in [0.5, 0.6) is 0 Å². The number of imidazole rings is 1. The summed E-state index contributed by atoms with van der Waals surface area (Å²) in [6.07, 6.45) is 2.74. The molecule has 0 unspecified atom stereocenters. The first-order chi connectivity index (χ1) is 9.20. The molecule has 0 spiro atoms. The van der Waals surface area contributed by atoms with Gasteiger partial charge < -0.3 is 0 Å². The predicted molar refractivity (Wildman–Crippen MR) is 75.5 cm³/mol. The van der Waals surface area contributed by atoms with Crippen molar-refractivity contribution in [3.8, 4) is 11.4 Å². The molecule has 2 heterocycles. The van der Waals surface area contributed by atoms with Gasteiger partial charge in [0.2, 0.25) is 0 Å². The number of carbonyl (C=O) groups is 1. The summed E-state index contributed by atoms with van der Waals surface area (Å²) < 4.78 is 1.96. The first kappa shape index (κ1) is 11.7. The molecular formula is C16H14N2O. The van der Waals surface area contributed by atoms with Crippen LogP contribution in [0.2, 0.25) is 0 Å². The lowest BCUT2D eigenvalue weighted by atomic mass is 10.1. The molecule has 1 aromatic carbocycles. The van der Waals surface area contributed by atoms with E-state index in [-0.39, 0.29) is 0 Å². The maximum Gasteiger partial charge on any atom is 0.170 e. The maximum absolute atomic E-state index is 11.1. The third-order valence-corrected chi connectivity index (χ3v) is 3.31. The Morgan fingerprint density at radius 2 is 2.00 bits per heavy atom. The molecule has 0 saturated carbocycles. The summed E-state index contributed by atoms with van der Waals surface area (Å²) >= 11 is 0. The second kappa shape index (κ2) is 4.35. The van der Waals surface area contributed by atoms with Crippen molar-refractivity contribution >= 4 is 11.8 Å². The molecule has 3 rings (SSSR count). The largest absolute Gasteiger partial charge is 0.299 e. The fourth-order valence-corrected chi connectivity index (χ4v) is 2.40. The highest BCUT2D eigenvalue weighted by atomic mass is 16.1. The van der Waals surface area contributed by atoms with E-state index in [1.807, 2.05) is 28.8 Å². The molecule has 3 aromatic rings. The smallest absolute Gasteiger partial charge is 0.170 e. The number of aryl methyl sites for hydroxylation is 2. The van der Waals surface area contributed by atoms with Gasteiger partial charge in [-0.2, -0.15) is 0 Å². The first-order valence-electron chi connectivity index (χ1n) is 6.20. The van der Waals surface area contributed by atoms with Gasteiger partial charge in [-0.3, -0.25) is 9.20 Å². The molecule has 0 aliphatic carbocycles. The molecule has 0 radical (unpaired) electrons. The summed E-state index contributed by atoms with van der Waals surface area (Å²) in [7, 11) is 0. The van der Waals surface area contributed by atoms with Crippen LogP contribution < -0.4 is 0 Å². The molecule has 0 amide bonds. The average molecular weight is 250 g/mol. The van der Waals surface area contributed by atoms with E-state index in [4.69, 9.17) is 0 Å². The molecule has 0 N–H and O–H groups in total. The topological polar surface area (TPSA) is 34.4 Å². The van der Waals surface area contributed by atoms with Gasteiger partial charge in [-0.25, -0.2) is 4.98 Å². The second-order valence-corrected chi connectivity index (χ2v) is 4.71. The molecular weight excluding hydrogens is 236 g/mol. The zero-order valence-corrected chi connectivity index (χ0v) is 10.9. The number of benzene rings is 1. The van der Waals surface area contributed by atoms with E-state index < -0.39 is 0 Å². The predicted octanol–water partition coefficient (Wildman–Crippen LogP) is 3.43. The van der Waals surface area contributed by atoms with Crippen molar-refractivity contribution in [3.05, 3.63) is 59.4 Å². The van der Waals surface area contributed by atoms with Gasteiger partial charge in [-0.05, 0) is 31.5 Å². The summed E-state index contributed by atoms with van der Waals surface area (Å²) in [4.78, 5) is 15.6. The number of carbonyl (C=O) groups excluding carboxylic acids is 1. The Morgan fingerprint density at radius 3 is 2.74 bits per heavy atom. The van der Waals surface area contributed by atoms with Crippen LogP contribution in [0.15, 0.2) is 42.6 Å². The molecule has 0 aliphatic heterocycles. The Hall–Kier alpha value is -2.42. The SMILES string of the molecule is Cc1ccc(-c2nc(C=O)c3ccccn23)c(C)c1. The lowest BCUT2D eigenvalue weighted by Gasteiger charge is -2.06. The molecule has 3 nitrogen and oxygen atoms in total. The number of hydrogen-bond donors (Lipinski definition) is 0. The van der Waals surface area contributed by atoms with E-state index in [1.54, 1.807) is 0 Å². The average Bonchev–Trinajstić information content (AvgIpc) is 2.78. The first-order valence-corrected chi connectivity index (χ1v) is 6.20. The molecule has 0 saturated heterocycles. The van der Waals surface area contributed by atoms with Gasteiger partial charge in [0.15, 0.2) is 6.29 Å². The fraction of sp³-hybridized carbons (Fsp3) is 0.125. The zero-order valence-electron chi connectivity index (χ0n) is 10.9. The number of aldehydes is 1. The number of rotatable bonds is 2. The highest BCUT2D eigenvalue weighted by molar-refractivity contribution is 5.86. The summed E-state index contributed by atoms with van der Waals surface area (Å²) in [5.74, 6) is 0.815. The second-order valence-electron chi connectivity index (χ2n) is 4.71. The lowest BCUT2D eigenvalue weighted by molar-refractivity contribution is 0.112. The van der Waals surface area contributed by atoms with Gasteiger partial charge >= 0.3 is 0 Å². The van der Waals surface area contributed by atoms with Crippen LogP contribution in [-0.4, -0.2) is 15.7 Å². The van der Waals surface area contributed by atoms with E-state index in [0.29, 0.717) is 5.69 Å². The van der Waals surface area contributed by atoms with E-state index in [9.17, 15) is 4.79 Å². The summed E-state index contributed by atoms with van der Waals surface area (Å²) in [5.41, 5.74) is 4.76. The molecule has 0 bridgehead atoms. The van der Waals surface area contributed by atoms with Crippen molar-refractivity contribution in [2.45, 2.75) is 13.8 Å². The fourth-order valence-electron chi connectivity index (χ4n) is 2.40. The van der Waals surface area contributed by atoms with Gasteiger partial charge in [0, 0.05) is 11.8 Å². The third kappa shape index (κ3) is 1.83. The van der Waals surface area contributed by atoms with Crippen LogP contribution in [0, 0.1) is 13.8 Å². The minimum absolute atomic E-state index is 0.482. The Balaban J connectivity index is 2.33. The molecule has 0 fully saturated rings. The van der Waals surface area contributed by atoms with Crippen molar-refractivity contribution in [1.29, 1.82) is 0 Å². The van der Waals surface area contributed by atoms with Gasteiger partial charge in [-0.1, -0.05) is 29.8 Å². The van der Waals surface area contributed by atoms with Crippen LogP contribution in [0.25, 0.3) is 16.9 Å². The Kier molecular flexibility index (Phi) is 2.67. The highest BCUT2D eigenvalue weighted by Gasteiger charge is 2.13. The maximum atomic E-state index is 11.1. The van der Waals surface area contributed by atoms with Gasteiger partial charge in [0.1, 0.15) is 11.5 Å². The highest BCUT2D eigenvalue weighted by Crippen LogP contribution is 2.25. The Morgan fingerprint density at radius 1 is 1.16 bits per heavy atom. The number of nitrogens with zero attached hydrogens (tertiary/aromatic N) is 2. The minimum Gasteiger partial charge on any atom is -0.299 e. The van der Waals surface area contributed by atoms with E-state index >= 15 is 0 Å². The third-order valence-electron chi connectivity index (χ3n) is 3.31. The van der Waals surface area contributed by atoms with E-state index in [1.165, 1.54) is 5.56 Å². The number of hydrogen-bond acceptors (Lipinski definition) is 2. The van der Waals surface area contributed by atoms with E-state index in [0.717, 1.165) is 28.8 Å². The van der Waals surface area contributed by atoms with Crippen molar-refractivity contribution in [3.63, 3.8) is 0 Å². The standard InChI is InChI=1S/C16H14N2O/c1-11-6-7-13(12(2)9-11)16-17-14(10-19)15-5-3-4-8-18(15)16/h3-10H,1-2H3. The Labute approximate surface area is 111 Å².